The van der Waals surface area contributed by atoms with E-state index in [0.717, 1.165) is 76.6 Å². The number of imide groups is 1. The van der Waals surface area contributed by atoms with Gasteiger partial charge in [-0.25, -0.2) is 9.97 Å². The first-order valence-electron chi connectivity index (χ1n) is 20.2. The van der Waals surface area contributed by atoms with Gasteiger partial charge in [0.25, 0.3) is 11.8 Å². The van der Waals surface area contributed by atoms with Crippen molar-refractivity contribution in [3.63, 3.8) is 0 Å². The number of nitrogens with zero attached hydrogens (tertiary/aromatic N) is 6. The molecule has 0 bridgehead atoms. The molecule has 3 saturated heterocycles. The van der Waals surface area contributed by atoms with Crippen molar-refractivity contribution in [3.05, 3.63) is 76.7 Å². The summed E-state index contributed by atoms with van der Waals surface area (Å²) >= 11 is 6.25. The normalized spacial score (nSPS) is 23.3. The lowest BCUT2D eigenvalue weighted by Crippen LogP contribution is -2.74. The highest BCUT2D eigenvalue weighted by Crippen LogP contribution is 2.55. The van der Waals surface area contributed by atoms with E-state index in [1.165, 1.54) is 0 Å². The summed E-state index contributed by atoms with van der Waals surface area (Å²) in [4.78, 5) is 65.6. The lowest BCUT2D eigenvalue weighted by Gasteiger charge is -2.63. The predicted octanol–water partition coefficient (Wildman–Crippen LogP) is 4.58. The minimum Gasteiger partial charge on any atom is -0.489 e. The first-order valence-corrected chi connectivity index (χ1v) is 20.6. The molecule has 1 aliphatic carbocycles. The monoisotopic (exact) mass is 809 g/mol. The second-order valence-corrected chi connectivity index (χ2v) is 17.5. The molecule has 4 amide bonds. The number of aromatic nitrogens is 2. The van der Waals surface area contributed by atoms with Gasteiger partial charge in [0.1, 0.15) is 35.5 Å². The molecular weight excluding hydrogens is 758 g/mol. The molecule has 58 heavy (non-hydrogen) atoms. The summed E-state index contributed by atoms with van der Waals surface area (Å²) in [5.74, 6) is 0.741. The minimum atomic E-state index is -0.732. The summed E-state index contributed by atoms with van der Waals surface area (Å²) < 4.78 is 6.37. The predicted molar refractivity (Wildman–Crippen MR) is 220 cm³/mol. The Morgan fingerprint density at radius 2 is 1.64 bits per heavy atom. The van der Waals surface area contributed by atoms with Crippen LogP contribution in [0.1, 0.15) is 86.2 Å². The molecule has 7 rings (SSSR count). The van der Waals surface area contributed by atoms with Crippen LogP contribution in [-0.2, 0) is 9.59 Å². The number of nitriles is 1. The van der Waals surface area contributed by atoms with E-state index in [0.29, 0.717) is 27.8 Å². The third-order valence-electron chi connectivity index (χ3n) is 12.5. The van der Waals surface area contributed by atoms with E-state index in [2.05, 4.69) is 69.4 Å². The number of rotatable bonds is 11. The van der Waals surface area contributed by atoms with Gasteiger partial charge in [0.2, 0.25) is 11.8 Å². The molecule has 2 aromatic heterocycles. The third-order valence-corrected chi connectivity index (χ3v) is 12.8. The SMILES string of the molecule is CC1(C)C(NC(=O)c2ccc(N3CCC(CCN4CCN(c5ccc(C(=O)NC6CCC(=O)NC6=O)nc5)CC4)CC3)nc2)C(C)(C)C1Oc1ccc(C#N)c(Cl)c1. The van der Waals surface area contributed by atoms with Crippen molar-refractivity contribution in [2.75, 3.05) is 55.6 Å². The summed E-state index contributed by atoms with van der Waals surface area (Å²) in [5, 5.41) is 17.7. The van der Waals surface area contributed by atoms with Crippen LogP contribution in [0.3, 0.4) is 0 Å². The molecule has 4 fully saturated rings. The number of ether oxygens (including phenoxy) is 1. The number of nitrogens with one attached hydrogen (secondary N) is 3. The zero-order valence-corrected chi connectivity index (χ0v) is 34.3. The van der Waals surface area contributed by atoms with E-state index in [9.17, 15) is 24.4 Å². The van der Waals surface area contributed by atoms with E-state index < -0.39 is 17.9 Å². The molecule has 14 nitrogen and oxygen atoms in total. The van der Waals surface area contributed by atoms with Crippen LogP contribution in [0.25, 0.3) is 0 Å². The van der Waals surface area contributed by atoms with Gasteiger partial charge in [-0.2, -0.15) is 5.26 Å². The molecule has 15 heteroatoms. The second kappa shape index (κ2) is 16.9. The number of hydrogen-bond acceptors (Lipinski definition) is 11. The molecule has 306 valence electrons. The highest BCUT2D eigenvalue weighted by molar-refractivity contribution is 6.31. The zero-order valence-electron chi connectivity index (χ0n) is 33.6. The van der Waals surface area contributed by atoms with Crippen molar-refractivity contribution in [1.29, 1.82) is 5.26 Å². The Hall–Kier alpha value is -5.26. The maximum atomic E-state index is 13.4. The first kappa shape index (κ1) is 40.9. The number of benzene rings is 1. The minimum absolute atomic E-state index is 0.138. The summed E-state index contributed by atoms with van der Waals surface area (Å²) in [6, 6.07) is 13.7. The number of halogens is 1. The fraction of sp³-hybridized carbons (Fsp3) is 0.512. The number of hydrogen-bond donors (Lipinski definition) is 3. The van der Waals surface area contributed by atoms with Gasteiger partial charge in [-0.05, 0) is 74.5 Å². The zero-order chi connectivity index (χ0) is 41.2. The quantitative estimate of drug-likeness (QED) is 0.232. The van der Waals surface area contributed by atoms with Crippen LogP contribution >= 0.6 is 11.6 Å². The van der Waals surface area contributed by atoms with Crippen molar-refractivity contribution in [3.8, 4) is 11.8 Å². The Balaban J connectivity index is 0.813. The number of anilines is 2. The number of piperidine rings is 2. The fourth-order valence-corrected chi connectivity index (χ4v) is 9.55. The maximum absolute atomic E-state index is 13.4. The average Bonchev–Trinajstić information content (AvgIpc) is 3.22. The first-order chi connectivity index (χ1) is 27.7. The molecule has 1 saturated carbocycles. The van der Waals surface area contributed by atoms with Crippen molar-refractivity contribution in [1.82, 2.24) is 30.8 Å². The Labute approximate surface area is 344 Å². The van der Waals surface area contributed by atoms with E-state index in [4.69, 9.17) is 21.3 Å². The van der Waals surface area contributed by atoms with Crippen LogP contribution in [-0.4, -0.2) is 102 Å². The van der Waals surface area contributed by atoms with Crippen molar-refractivity contribution < 1.29 is 23.9 Å². The van der Waals surface area contributed by atoms with Crippen molar-refractivity contribution in [2.45, 2.75) is 78.0 Å². The van der Waals surface area contributed by atoms with Crippen LogP contribution in [0.2, 0.25) is 5.02 Å². The van der Waals surface area contributed by atoms with Gasteiger partial charge < -0.3 is 25.2 Å². The van der Waals surface area contributed by atoms with Crippen LogP contribution in [0.4, 0.5) is 11.5 Å². The highest BCUT2D eigenvalue weighted by atomic mass is 35.5. The van der Waals surface area contributed by atoms with E-state index in [1.807, 2.05) is 18.2 Å². The summed E-state index contributed by atoms with van der Waals surface area (Å²) in [6.45, 7) is 14.9. The number of carbonyl (C=O) groups excluding carboxylic acids is 4. The Morgan fingerprint density at radius 3 is 2.26 bits per heavy atom. The van der Waals surface area contributed by atoms with Crippen molar-refractivity contribution in [2.24, 2.45) is 16.7 Å². The number of amides is 4. The van der Waals surface area contributed by atoms with Crippen LogP contribution in [0.5, 0.6) is 5.75 Å². The van der Waals surface area contributed by atoms with E-state index >= 15 is 0 Å². The van der Waals surface area contributed by atoms with Gasteiger partial charge in [0.15, 0.2) is 0 Å². The fourth-order valence-electron chi connectivity index (χ4n) is 9.33. The summed E-state index contributed by atoms with van der Waals surface area (Å²) in [6.07, 6.45) is 7.03. The number of pyridine rings is 2. The van der Waals surface area contributed by atoms with E-state index in [-0.39, 0.29) is 53.3 Å². The van der Waals surface area contributed by atoms with Gasteiger partial charge in [0, 0.05) is 74.8 Å². The van der Waals surface area contributed by atoms with Gasteiger partial charge in [-0.3, -0.25) is 29.4 Å². The highest BCUT2D eigenvalue weighted by Gasteiger charge is 2.64. The summed E-state index contributed by atoms with van der Waals surface area (Å²) in [5.41, 5.74) is 1.41. The Kier molecular flexibility index (Phi) is 11.9. The second-order valence-electron chi connectivity index (χ2n) is 17.1. The molecule has 3 aromatic rings. The number of piperazine rings is 1. The Morgan fingerprint density at radius 1 is 0.897 bits per heavy atom. The topological polar surface area (TPSA) is 173 Å². The largest absolute Gasteiger partial charge is 0.489 e. The molecule has 0 spiro atoms. The van der Waals surface area contributed by atoms with Crippen LogP contribution in [0.15, 0.2) is 54.9 Å². The third kappa shape index (κ3) is 8.76. The molecule has 5 heterocycles. The van der Waals surface area contributed by atoms with Gasteiger partial charge >= 0.3 is 0 Å². The molecule has 4 aliphatic rings. The Bertz CT molecular complexity index is 2040. The van der Waals surface area contributed by atoms with Gasteiger partial charge in [0.05, 0.1) is 28.0 Å². The molecule has 0 radical (unpaired) electrons. The smallest absolute Gasteiger partial charge is 0.270 e. The van der Waals surface area contributed by atoms with Gasteiger partial charge in [-0.1, -0.05) is 39.3 Å². The molecule has 1 atom stereocenters. The molecule has 3 aliphatic heterocycles. The van der Waals surface area contributed by atoms with E-state index in [1.54, 1.807) is 36.7 Å². The van der Waals surface area contributed by atoms with Crippen molar-refractivity contribution >= 4 is 46.7 Å². The van der Waals surface area contributed by atoms with Crippen LogP contribution in [0, 0.1) is 28.1 Å². The molecule has 1 aromatic carbocycles. The molecule has 3 N–H and O–H groups in total. The molecular formula is C43H52ClN9O5. The summed E-state index contributed by atoms with van der Waals surface area (Å²) in [7, 11) is 0. The van der Waals surface area contributed by atoms with Gasteiger partial charge in [-0.15, -0.1) is 0 Å². The number of carbonyl (C=O) groups is 4. The molecule has 1 unspecified atom stereocenters. The lowest BCUT2D eigenvalue weighted by molar-refractivity contribution is -0.164. The maximum Gasteiger partial charge on any atom is 0.270 e. The lowest BCUT2D eigenvalue weighted by atomic mass is 9.49. The van der Waals surface area contributed by atoms with Crippen LogP contribution < -0.4 is 30.5 Å². The average molecular weight is 810 g/mol. The standard InChI is InChI=1S/C43H52ClN9O5/c1-42(2)40(43(3,4)41(42)58-31-8-5-28(24-45)32(44)23-31)50-37(55)29-6-11-35(47-25-29)53-17-14-27(15-18-53)13-16-51-19-21-52(22-20-51)30-7-9-33(46-26-30)38(56)48-34-10-12-36(54)49-39(34)57/h5-9,11,23,25-27,34,40-41H,10,12-22H2,1-4H3,(H,48,56)(H,50,55)(H,49,54,57).